The minimum atomic E-state index is -0.646. The van der Waals surface area contributed by atoms with Gasteiger partial charge in [-0.15, -0.1) is 0 Å². The zero-order chi connectivity index (χ0) is 6.57. The van der Waals surface area contributed by atoms with Crippen molar-refractivity contribution in [2.24, 2.45) is 0 Å². The molecule has 0 saturated carbocycles. The fourth-order valence-electron chi connectivity index (χ4n) is 0.182. The van der Waals surface area contributed by atoms with E-state index < -0.39 is 5.97 Å². The second kappa shape index (κ2) is 3.40. The summed E-state index contributed by atoms with van der Waals surface area (Å²) in [7, 11) is 0. The first-order chi connectivity index (χ1) is 3.68. The molecule has 0 fully saturated rings. The Hall–Kier alpha value is -0.790. The van der Waals surface area contributed by atoms with Gasteiger partial charge in [-0.2, -0.15) is 0 Å². The minimum absolute atomic E-state index is 0.299. The topological polar surface area (TPSA) is 26.3 Å². The van der Waals surface area contributed by atoms with Crippen molar-refractivity contribution in [3.63, 3.8) is 0 Å². The Kier molecular flexibility index (Phi) is 2.12. The zero-order valence-corrected chi connectivity index (χ0v) is 4.23. The van der Waals surface area contributed by atoms with Crippen LogP contribution < -0.4 is 0 Å². The Labute approximate surface area is 44.2 Å². The molecule has 2 heteroatoms. The van der Waals surface area contributed by atoms with E-state index in [9.17, 15) is 4.79 Å². The lowest BCUT2D eigenvalue weighted by atomic mass is 10.6. The average molecular weight is 101 g/mol. The molecule has 0 aromatic carbocycles. The number of hydrogen-bond acceptors (Lipinski definition) is 2. The highest BCUT2D eigenvalue weighted by Gasteiger charge is 1.86. The van der Waals surface area contributed by atoms with Crippen LogP contribution in [0.1, 0.15) is 8.29 Å². The Balaban J connectivity index is 3.49. The van der Waals surface area contributed by atoms with E-state index in [4.69, 9.17) is 1.37 Å². The van der Waals surface area contributed by atoms with Crippen LogP contribution in [0.5, 0.6) is 0 Å². The summed E-state index contributed by atoms with van der Waals surface area (Å²) in [6.07, 6.45) is 0. The molecule has 0 heterocycles. The molecular weight excluding hydrogens is 92.1 g/mol. The van der Waals surface area contributed by atoms with Crippen LogP contribution in [0.4, 0.5) is 0 Å². The maximum atomic E-state index is 10.2. The van der Waals surface area contributed by atoms with Crippen LogP contribution >= 0.6 is 0 Å². The molecule has 2 nitrogen and oxygen atoms in total. The van der Waals surface area contributed by atoms with Gasteiger partial charge >= 0.3 is 5.97 Å². The van der Waals surface area contributed by atoms with Crippen LogP contribution in [0.15, 0.2) is 12.6 Å². The van der Waals surface area contributed by atoms with Gasteiger partial charge in [0.25, 0.3) is 0 Å². The van der Waals surface area contributed by atoms with Crippen molar-refractivity contribution in [2.45, 2.75) is 6.92 Å². The van der Waals surface area contributed by atoms with Crippen molar-refractivity contribution in [3.8, 4) is 0 Å². The van der Waals surface area contributed by atoms with Crippen LogP contribution in [0.3, 0.4) is 0 Å². The molecule has 0 radical (unpaired) electrons. The van der Waals surface area contributed by atoms with Gasteiger partial charge in [0.1, 0.15) is 0 Å². The molecule has 40 valence electrons. The summed E-state index contributed by atoms with van der Waals surface area (Å²) in [4.78, 5) is 10.2. The molecule has 0 N–H and O–H groups in total. The van der Waals surface area contributed by atoms with Crippen molar-refractivity contribution >= 4 is 5.97 Å². The summed E-state index contributed by atoms with van der Waals surface area (Å²) < 4.78 is 11.0. The quantitative estimate of drug-likeness (QED) is 0.378. The third-order valence-corrected chi connectivity index (χ3v) is 0.420. The van der Waals surface area contributed by atoms with Crippen molar-refractivity contribution in [1.29, 1.82) is 0 Å². The van der Waals surface area contributed by atoms with Crippen LogP contribution in [-0.4, -0.2) is 12.6 Å². The molecule has 0 aliphatic carbocycles. The van der Waals surface area contributed by atoms with Gasteiger partial charge in [0.05, 0.1) is 7.98 Å². The number of esters is 1. The SMILES string of the molecule is [2H]C(=C)C(=O)OCC. The van der Waals surface area contributed by atoms with Crippen molar-refractivity contribution in [1.82, 2.24) is 0 Å². The standard InChI is InChI=1S/C5H8O2/c1-3-5(6)7-4-2/h3H,1,4H2,2H3/i3D. The molecule has 0 saturated heterocycles. The molecule has 0 unspecified atom stereocenters. The Morgan fingerprint density at radius 3 is 3.00 bits per heavy atom. The fraction of sp³-hybridized carbons (Fsp3) is 0.400. The minimum Gasteiger partial charge on any atom is -0.463 e. The van der Waals surface area contributed by atoms with Gasteiger partial charge in [-0.05, 0) is 6.92 Å². The first-order valence-electron chi connectivity index (χ1n) is 2.51. The van der Waals surface area contributed by atoms with Gasteiger partial charge < -0.3 is 4.74 Å². The van der Waals surface area contributed by atoms with E-state index >= 15 is 0 Å². The molecule has 0 bridgehead atoms. The summed E-state index contributed by atoms with van der Waals surface area (Å²) in [6, 6.07) is -0.299. The second-order valence-corrected chi connectivity index (χ2v) is 0.897. The lowest BCUT2D eigenvalue weighted by Crippen LogP contribution is -1.97. The highest BCUT2D eigenvalue weighted by atomic mass is 16.5. The van der Waals surface area contributed by atoms with E-state index in [0.717, 1.165) is 0 Å². The highest BCUT2D eigenvalue weighted by molar-refractivity contribution is 5.81. The molecule has 0 aromatic rings. The number of carbonyl (C=O) groups is 1. The number of ether oxygens (including phenoxy) is 1. The smallest absolute Gasteiger partial charge is 0.330 e. The van der Waals surface area contributed by atoms with Gasteiger partial charge in [-0.25, -0.2) is 4.79 Å². The maximum absolute atomic E-state index is 10.2. The first-order valence-corrected chi connectivity index (χ1v) is 2.01. The van der Waals surface area contributed by atoms with Crippen molar-refractivity contribution in [2.75, 3.05) is 6.61 Å². The highest BCUT2D eigenvalue weighted by Crippen LogP contribution is 1.74. The van der Waals surface area contributed by atoms with E-state index in [1.165, 1.54) is 0 Å². The van der Waals surface area contributed by atoms with Gasteiger partial charge in [-0.3, -0.25) is 0 Å². The second-order valence-electron chi connectivity index (χ2n) is 0.897. The summed E-state index contributed by atoms with van der Waals surface area (Å²) in [6.45, 7) is 5.05. The van der Waals surface area contributed by atoms with E-state index in [1.54, 1.807) is 6.92 Å². The third-order valence-electron chi connectivity index (χ3n) is 0.420. The predicted octanol–water partition coefficient (Wildman–Crippen LogP) is 0.736. The lowest BCUT2D eigenvalue weighted by Gasteiger charge is -1.90. The van der Waals surface area contributed by atoms with Gasteiger partial charge in [0, 0.05) is 6.05 Å². The Morgan fingerprint density at radius 1 is 2.29 bits per heavy atom. The summed E-state index contributed by atoms with van der Waals surface area (Å²) >= 11 is 0. The number of carbonyl (C=O) groups excluding carboxylic acids is 1. The first kappa shape index (κ1) is 4.37. The summed E-state index contributed by atoms with van der Waals surface area (Å²) in [5, 5.41) is 0. The van der Waals surface area contributed by atoms with Gasteiger partial charge in [0.15, 0.2) is 0 Å². The normalized spacial score (nSPS) is 9.57. The Morgan fingerprint density at radius 2 is 2.86 bits per heavy atom. The molecular formula is C5H8O2. The van der Waals surface area contributed by atoms with Crippen molar-refractivity contribution in [3.05, 3.63) is 12.6 Å². The van der Waals surface area contributed by atoms with Crippen LogP contribution in [0.2, 0.25) is 0 Å². The van der Waals surface area contributed by atoms with E-state index in [-0.39, 0.29) is 6.05 Å². The van der Waals surface area contributed by atoms with Crippen LogP contribution in [0.25, 0.3) is 0 Å². The van der Waals surface area contributed by atoms with E-state index in [0.29, 0.717) is 6.61 Å². The number of hydrogen-bond donors (Lipinski definition) is 0. The van der Waals surface area contributed by atoms with Crippen molar-refractivity contribution < 1.29 is 10.9 Å². The summed E-state index contributed by atoms with van der Waals surface area (Å²) in [5.41, 5.74) is 0. The number of rotatable bonds is 2. The predicted molar refractivity (Wildman–Crippen MR) is 26.8 cm³/mol. The molecule has 7 heavy (non-hydrogen) atoms. The monoisotopic (exact) mass is 101 g/mol. The van der Waals surface area contributed by atoms with Gasteiger partial charge in [0.2, 0.25) is 0 Å². The largest absolute Gasteiger partial charge is 0.463 e. The molecule has 0 amide bonds. The van der Waals surface area contributed by atoms with E-state index in [2.05, 4.69) is 11.3 Å². The Bertz CT molecular complexity index is 109. The van der Waals surface area contributed by atoms with Crippen LogP contribution in [0, 0.1) is 0 Å². The lowest BCUT2D eigenvalue weighted by molar-refractivity contribution is -0.137. The fourth-order valence-corrected chi connectivity index (χ4v) is 0.182. The molecule has 0 aliphatic rings. The molecule has 0 atom stereocenters. The van der Waals surface area contributed by atoms with Gasteiger partial charge in [-0.1, -0.05) is 6.58 Å². The maximum Gasteiger partial charge on any atom is 0.330 e. The molecule has 0 spiro atoms. The van der Waals surface area contributed by atoms with Crippen LogP contribution in [-0.2, 0) is 9.53 Å². The average Bonchev–Trinajstić information content (AvgIpc) is 1.67. The summed E-state index contributed by atoms with van der Waals surface area (Å²) in [5.74, 6) is -0.646. The zero-order valence-electron chi connectivity index (χ0n) is 5.23. The molecule has 0 aromatic heterocycles. The third kappa shape index (κ3) is 3.03. The van der Waals surface area contributed by atoms with E-state index in [1.807, 2.05) is 0 Å². The molecule has 0 rings (SSSR count). The molecule has 0 aliphatic heterocycles.